The number of ether oxygens (including phenoxy) is 2. The van der Waals surface area contributed by atoms with E-state index in [-0.39, 0.29) is 0 Å². The second kappa shape index (κ2) is 8.45. The van der Waals surface area contributed by atoms with Crippen LogP contribution in [-0.4, -0.2) is 33.3 Å². The van der Waals surface area contributed by atoms with Crippen molar-refractivity contribution in [3.05, 3.63) is 74.4 Å². The first-order chi connectivity index (χ1) is 14.5. The molecule has 1 aliphatic heterocycles. The summed E-state index contributed by atoms with van der Waals surface area (Å²) in [7, 11) is 1.34. The molecule has 1 aliphatic rings. The van der Waals surface area contributed by atoms with Crippen LogP contribution in [-0.2, 0) is 16.1 Å². The summed E-state index contributed by atoms with van der Waals surface area (Å²) in [5.74, 6) is 0.541. The Bertz CT molecular complexity index is 1130. The minimum Gasteiger partial charge on any atom is -0.489 e. The van der Waals surface area contributed by atoms with Gasteiger partial charge in [0, 0.05) is 20.8 Å². The summed E-state index contributed by atoms with van der Waals surface area (Å²) >= 11 is 9.47. The van der Waals surface area contributed by atoms with Crippen LogP contribution in [0.25, 0.3) is 0 Å². The summed E-state index contributed by atoms with van der Waals surface area (Å²) in [5, 5.41) is 15.5. The van der Waals surface area contributed by atoms with Gasteiger partial charge in [-0.2, -0.15) is 4.68 Å². The molecule has 154 valence electrons. The van der Waals surface area contributed by atoms with E-state index in [0.717, 1.165) is 10.0 Å². The van der Waals surface area contributed by atoms with Gasteiger partial charge in [0.15, 0.2) is 0 Å². The highest BCUT2D eigenvalue weighted by Crippen LogP contribution is 2.40. The van der Waals surface area contributed by atoms with Crippen molar-refractivity contribution in [1.82, 2.24) is 20.2 Å². The number of aromatic nitrogens is 4. The Morgan fingerprint density at radius 3 is 2.77 bits per heavy atom. The van der Waals surface area contributed by atoms with Crippen LogP contribution in [0.2, 0.25) is 5.02 Å². The number of methoxy groups -OCH3 is 1. The van der Waals surface area contributed by atoms with Gasteiger partial charge in [-0.25, -0.2) is 4.79 Å². The summed E-state index contributed by atoms with van der Waals surface area (Å²) in [6.45, 7) is 2.11. The van der Waals surface area contributed by atoms with Gasteiger partial charge in [-0.15, -0.1) is 0 Å². The van der Waals surface area contributed by atoms with Crippen molar-refractivity contribution in [2.75, 3.05) is 12.4 Å². The minimum atomic E-state index is -0.624. The van der Waals surface area contributed by atoms with E-state index in [1.807, 2.05) is 42.5 Å². The minimum absolute atomic E-state index is 0.329. The normalized spacial score (nSPS) is 15.4. The molecular weight excluding hydrogens is 474 g/mol. The molecular formula is C20H17BrClN5O3. The van der Waals surface area contributed by atoms with Gasteiger partial charge in [0.25, 0.3) is 0 Å². The summed E-state index contributed by atoms with van der Waals surface area (Å²) in [6, 6.07) is 12.4. The zero-order valence-corrected chi connectivity index (χ0v) is 18.4. The van der Waals surface area contributed by atoms with Gasteiger partial charge in [-0.1, -0.05) is 44.8 Å². The van der Waals surface area contributed by atoms with Crippen LogP contribution >= 0.6 is 27.5 Å². The molecule has 0 saturated carbocycles. The quantitative estimate of drug-likeness (QED) is 0.538. The number of nitrogens with one attached hydrogen (secondary N) is 1. The molecule has 1 aromatic heterocycles. The molecule has 3 aromatic rings. The highest BCUT2D eigenvalue weighted by atomic mass is 79.9. The number of esters is 1. The molecule has 0 fully saturated rings. The lowest BCUT2D eigenvalue weighted by molar-refractivity contribution is -0.136. The molecule has 1 N–H and O–H groups in total. The number of halogens is 2. The first kappa shape index (κ1) is 20.4. The van der Waals surface area contributed by atoms with E-state index in [0.29, 0.717) is 40.2 Å². The van der Waals surface area contributed by atoms with Gasteiger partial charge in [0.1, 0.15) is 18.4 Å². The Hall–Kier alpha value is -2.91. The van der Waals surface area contributed by atoms with Crippen LogP contribution in [0.15, 0.2) is 58.2 Å². The smallest absolute Gasteiger partial charge is 0.338 e. The fourth-order valence-electron chi connectivity index (χ4n) is 3.28. The predicted octanol–water partition coefficient (Wildman–Crippen LogP) is 4.13. The Labute approximate surface area is 185 Å². The SMILES string of the molecule is COC(=O)C1=C(C)Nc2nnnn2C1c1cc(Br)ccc1OCc1ccc(Cl)cc1. The van der Waals surface area contributed by atoms with Crippen LogP contribution < -0.4 is 10.1 Å². The summed E-state index contributed by atoms with van der Waals surface area (Å²) in [4.78, 5) is 12.6. The number of hydrogen-bond acceptors (Lipinski definition) is 7. The molecule has 1 atom stereocenters. The Balaban J connectivity index is 1.77. The third-order valence-electron chi connectivity index (χ3n) is 4.69. The van der Waals surface area contributed by atoms with Crippen molar-refractivity contribution in [3.63, 3.8) is 0 Å². The Morgan fingerprint density at radius 2 is 2.03 bits per heavy atom. The standard InChI is InChI=1S/C20H17BrClN5O3/c1-11-17(19(28)29-2)18(27-20(23-11)24-25-26-27)15-9-13(21)5-8-16(15)30-10-12-3-6-14(22)7-4-12/h3-9,18H,10H2,1-2H3,(H,23,24,26). The lowest BCUT2D eigenvalue weighted by Crippen LogP contribution is -2.29. The van der Waals surface area contributed by atoms with E-state index in [2.05, 4.69) is 36.8 Å². The molecule has 2 aromatic carbocycles. The van der Waals surface area contributed by atoms with Crippen LogP contribution in [0, 0.1) is 0 Å². The number of carbonyl (C=O) groups excluding carboxylic acids is 1. The fraction of sp³-hybridized carbons (Fsp3) is 0.200. The molecule has 0 amide bonds. The number of allylic oxidation sites excluding steroid dienone is 1. The molecule has 0 bridgehead atoms. The molecule has 10 heteroatoms. The van der Waals surface area contributed by atoms with E-state index in [1.54, 1.807) is 6.92 Å². The van der Waals surface area contributed by atoms with E-state index in [9.17, 15) is 4.79 Å². The first-order valence-corrected chi connectivity index (χ1v) is 10.2. The maximum Gasteiger partial charge on any atom is 0.338 e. The largest absolute Gasteiger partial charge is 0.489 e. The van der Waals surface area contributed by atoms with Gasteiger partial charge < -0.3 is 14.8 Å². The Kier molecular flexibility index (Phi) is 5.74. The van der Waals surface area contributed by atoms with Crippen molar-refractivity contribution < 1.29 is 14.3 Å². The van der Waals surface area contributed by atoms with Crippen molar-refractivity contribution in [2.45, 2.75) is 19.6 Å². The van der Waals surface area contributed by atoms with Gasteiger partial charge in [0.05, 0.1) is 12.7 Å². The van der Waals surface area contributed by atoms with Gasteiger partial charge in [-0.3, -0.25) is 0 Å². The van der Waals surface area contributed by atoms with E-state index in [1.165, 1.54) is 11.8 Å². The highest BCUT2D eigenvalue weighted by molar-refractivity contribution is 9.10. The second-order valence-electron chi connectivity index (χ2n) is 6.60. The number of tetrazole rings is 1. The average Bonchev–Trinajstić information content (AvgIpc) is 3.20. The summed E-state index contributed by atoms with van der Waals surface area (Å²) < 4.78 is 13.5. The molecule has 8 nitrogen and oxygen atoms in total. The van der Waals surface area contributed by atoms with Crippen LogP contribution in [0.5, 0.6) is 5.75 Å². The predicted molar refractivity (Wildman–Crippen MR) is 114 cm³/mol. The monoisotopic (exact) mass is 489 g/mol. The molecule has 1 unspecified atom stereocenters. The maximum absolute atomic E-state index is 12.6. The molecule has 0 spiro atoms. The van der Waals surface area contributed by atoms with Crippen molar-refractivity contribution in [2.24, 2.45) is 0 Å². The number of fused-ring (bicyclic) bond motifs is 1. The molecule has 2 heterocycles. The number of rotatable bonds is 5. The zero-order valence-electron chi connectivity index (χ0n) is 16.1. The molecule has 4 rings (SSSR count). The van der Waals surface area contributed by atoms with Crippen LogP contribution in [0.3, 0.4) is 0 Å². The molecule has 0 aliphatic carbocycles. The maximum atomic E-state index is 12.6. The number of benzene rings is 2. The lowest BCUT2D eigenvalue weighted by Gasteiger charge is -2.28. The van der Waals surface area contributed by atoms with Crippen LogP contribution in [0.4, 0.5) is 5.95 Å². The summed E-state index contributed by atoms with van der Waals surface area (Å²) in [6.07, 6.45) is 0. The number of hydrogen-bond donors (Lipinski definition) is 1. The third-order valence-corrected chi connectivity index (χ3v) is 5.44. The first-order valence-electron chi connectivity index (χ1n) is 8.98. The van der Waals surface area contributed by atoms with E-state index >= 15 is 0 Å². The van der Waals surface area contributed by atoms with E-state index < -0.39 is 12.0 Å². The lowest BCUT2D eigenvalue weighted by atomic mass is 9.95. The average molecular weight is 491 g/mol. The topological polar surface area (TPSA) is 91.2 Å². The number of anilines is 1. The van der Waals surface area contributed by atoms with Gasteiger partial charge >= 0.3 is 5.97 Å². The van der Waals surface area contributed by atoms with Gasteiger partial charge in [-0.05, 0) is 53.2 Å². The Morgan fingerprint density at radius 1 is 1.27 bits per heavy atom. The summed E-state index contributed by atoms with van der Waals surface area (Å²) in [5.41, 5.74) is 2.68. The molecule has 30 heavy (non-hydrogen) atoms. The fourth-order valence-corrected chi connectivity index (χ4v) is 3.79. The number of carbonyl (C=O) groups is 1. The molecule has 0 radical (unpaired) electrons. The zero-order chi connectivity index (χ0) is 21.3. The van der Waals surface area contributed by atoms with Crippen molar-refractivity contribution in [3.8, 4) is 5.75 Å². The van der Waals surface area contributed by atoms with Crippen molar-refractivity contribution in [1.29, 1.82) is 0 Å². The van der Waals surface area contributed by atoms with E-state index in [4.69, 9.17) is 21.1 Å². The van der Waals surface area contributed by atoms with Crippen molar-refractivity contribution >= 4 is 39.4 Å². The third kappa shape index (κ3) is 3.90. The number of nitrogens with zero attached hydrogens (tertiary/aromatic N) is 4. The molecule has 0 saturated heterocycles. The highest BCUT2D eigenvalue weighted by Gasteiger charge is 2.36. The van der Waals surface area contributed by atoms with Gasteiger partial charge in [0.2, 0.25) is 5.95 Å². The second-order valence-corrected chi connectivity index (χ2v) is 7.95. The van der Waals surface area contributed by atoms with Crippen LogP contribution in [0.1, 0.15) is 24.1 Å².